The average Bonchev–Trinajstić information content (AvgIpc) is 2.85. The first kappa shape index (κ1) is 16.5. The van der Waals surface area contributed by atoms with E-state index in [-0.39, 0.29) is 5.92 Å². The van der Waals surface area contributed by atoms with Crippen molar-refractivity contribution >= 4 is 38.9 Å². The number of hydrogen-bond donors (Lipinski definition) is 1. The molecule has 1 unspecified atom stereocenters. The fraction of sp³-hybridized carbons (Fsp3) is 0.667. The van der Waals surface area contributed by atoms with Crippen LogP contribution < -0.4 is 5.32 Å². The Morgan fingerprint density at radius 3 is 2.85 bits per heavy atom. The average molecular weight is 392 g/mol. The molecule has 1 N–H and O–H groups in total. The third-order valence-corrected chi connectivity index (χ3v) is 5.68. The van der Waals surface area contributed by atoms with E-state index in [4.69, 9.17) is 11.6 Å². The van der Waals surface area contributed by atoms with E-state index in [0.717, 1.165) is 26.7 Å². The maximum Gasteiger partial charge on any atom is 0.401 e. The molecular weight excluding hydrogens is 377 g/mol. The van der Waals surface area contributed by atoms with Crippen molar-refractivity contribution in [1.82, 2.24) is 10.2 Å². The minimum Gasteiger partial charge on any atom is -0.312 e. The molecule has 1 atom stereocenters. The van der Waals surface area contributed by atoms with E-state index in [1.165, 1.54) is 16.2 Å². The lowest BCUT2D eigenvalue weighted by atomic mass is 10.1. The van der Waals surface area contributed by atoms with Crippen LogP contribution in [0.2, 0.25) is 4.34 Å². The molecule has 1 aliphatic heterocycles. The van der Waals surface area contributed by atoms with Gasteiger partial charge in [0, 0.05) is 22.4 Å². The van der Waals surface area contributed by atoms with Gasteiger partial charge in [0.2, 0.25) is 0 Å². The Morgan fingerprint density at radius 2 is 2.25 bits per heavy atom. The number of nitrogens with zero attached hydrogens (tertiary/aromatic N) is 1. The Kier molecular flexibility index (Phi) is 5.76. The number of halogens is 5. The second-order valence-corrected chi connectivity index (χ2v) is 7.56. The van der Waals surface area contributed by atoms with Gasteiger partial charge in [-0.25, -0.2) is 0 Å². The second-order valence-electron chi connectivity index (χ2n) is 4.97. The van der Waals surface area contributed by atoms with Crippen molar-refractivity contribution < 1.29 is 13.2 Å². The standard InChI is InChI=1S/C12H15BrClF3N2S/c13-10-3-9(20-11(10)14)5-18-4-8-1-2-19(6-8)7-12(15,16)17/h3,8,18H,1-2,4-7H2. The summed E-state index contributed by atoms with van der Waals surface area (Å²) in [5.74, 6) is 0.288. The van der Waals surface area contributed by atoms with Crippen LogP contribution in [0.15, 0.2) is 10.5 Å². The van der Waals surface area contributed by atoms with Crippen LogP contribution in [0.3, 0.4) is 0 Å². The van der Waals surface area contributed by atoms with E-state index in [1.54, 1.807) is 0 Å². The van der Waals surface area contributed by atoms with Crippen molar-refractivity contribution in [3.63, 3.8) is 0 Å². The summed E-state index contributed by atoms with van der Waals surface area (Å²) in [5, 5.41) is 3.29. The molecule has 0 bridgehead atoms. The molecule has 114 valence electrons. The summed E-state index contributed by atoms with van der Waals surface area (Å²) in [5.41, 5.74) is 0. The van der Waals surface area contributed by atoms with Gasteiger partial charge in [0.1, 0.15) is 4.34 Å². The van der Waals surface area contributed by atoms with Gasteiger partial charge in [-0.1, -0.05) is 11.6 Å². The highest BCUT2D eigenvalue weighted by atomic mass is 79.9. The zero-order valence-corrected chi connectivity index (χ0v) is 13.8. The van der Waals surface area contributed by atoms with Gasteiger partial charge in [-0.3, -0.25) is 4.90 Å². The van der Waals surface area contributed by atoms with Crippen molar-refractivity contribution in [2.24, 2.45) is 5.92 Å². The van der Waals surface area contributed by atoms with Crippen LogP contribution in [0.1, 0.15) is 11.3 Å². The van der Waals surface area contributed by atoms with Crippen LogP contribution in [0.4, 0.5) is 13.2 Å². The van der Waals surface area contributed by atoms with E-state index < -0.39 is 12.7 Å². The summed E-state index contributed by atoms with van der Waals surface area (Å²) in [6.45, 7) is 1.69. The first-order valence-electron chi connectivity index (χ1n) is 6.27. The molecule has 8 heteroatoms. The second kappa shape index (κ2) is 6.96. The van der Waals surface area contributed by atoms with Crippen LogP contribution in [0.5, 0.6) is 0 Å². The van der Waals surface area contributed by atoms with E-state index in [9.17, 15) is 13.2 Å². The van der Waals surface area contributed by atoms with E-state index in [0.29, 0.717) is 19.6 Å². The summed E-state index contributed by atoms with van der Waals surface area (Å²) >= 11 is 10.8. The normalized spacial score (nSPS) is 20.8. The first-order chi connectivity index (χ1) is 9.33. The van der Waals surface area contributed by atoms with Crippen molar-refractivity contribution in [2.75, 3.05) is 26.2 Å². The summed E-state index contributed by atoms with van der Waals surface area (Å²) in [6.07, 6.45) is -3.28. The fourth-order valence-electron chi connectivity index (χ4n) is 2.35. The van der Waals surface area contributed by atoms with Crippen molar-refractivity contribution in [2.45, 2.75) is 19.1 Å². The number of rotatable bonds is 5. The molecule has 0 saturated carbocycles. The van der Waals surface area contributed by atoms with Gasteiger partial charge in [0.05, 0.1) is 6.54 Å². The molecule has 0 radical (unpaired) electrons. The lowest BCUT2D eigenvalue weighted by Crippen LogP contribution is -2.33. The summed E-state index contributed by atoms with van der Waals surface area (Å²) in [7, 11) is 0. The molecule has 1 saturated heterocycles. The Morgan fingerprint density at radius 1 is 1.50 bits per heavy atom. The third-order valence-electron chi connectivity index (χ3n) is 3.20. The van der Waals surface area contributed by atoms with Crippen molar-refractivity contribution in [3.8, 4) is 0 Å². The number of hydrogen-bond acceptors (Lipinski definition) is 3. The molecule has 2 heterocycles. The molecule has 1 aromatic heterocycles. The molecule has 1 aromatic rings. The van der Waals surface area contributed by atoms with Gasteiger partial charge < -0.3 is 5.32 Å². The minimum atomic E-state index is -4.09. The van der Waals surface area contributed by atoms with E-state index in [2.05, 4.69) is 21.2 Å². The molecule has 0 aliphatic carbocycles. The molecule has 2 rings (SSSR count). The highest BCUT2D eigenvalue weighted by Gasteiger charge is 2.34. The van der Waals surface area contributed by atoms with Gasteiger partial charge in [0.25, 0.3) is 0 Å². The Labute approximate surface area is 133 Å². The molecule has 1 fully saturated rings. The maximum absolute atomic E-state index is 12.3. The number of nitrogens with one attached hydrogen (secondary N) is 1. The predicted molar refractivity (Wildman–Crippen MR) is 79.3 cm³/mol. The Hall–Kier alpha value is 0.180. The number of alkyl halides is 3. The van der Waals surface area contributed by atoms with Gasteiger partial charge in [0.15, 0.2) is 0 Å². The van der Waals surface area contributed by atoms with Gasteiger partial charge in [-0.05, 0) is 47.4 Å². The van der Waals surface area contributed by atoms with Gasteiger partial charge in [-0.2, -0.15) is 13.2 Å². The number of likely N-dealkylation sites (tertiary alicyclic amines) is 1. The largest absolute Gasteiger partial charge is 0.401 e. The molecule has 0 spiro atoms. The minimum absolute atomic E-state index is 0.288. The molecule has 1 aliphatic rings. The molecular formula is C12H15BrClF3N2S. The SMILES string of the molecule is FC(F)(F)CN1CCC(CNCc2cc(Br)c(Cl)s2)C1. The lowest BCUT2D eigenvalue weighted by Gasteiger charge is -2.17. The number of thiophene rings is 1. The maximum atomic E-state index is 12.3. The zero-order chi connectivity index (χ0) is 14.8. The molecule has 20 heavy (non-hydrogen) atoms. The molecule has 2 nitrogen and oxygen atoms in total. The van der Waals surface area contributed by atoms with Gasteiger partial charge >= 0.3 is 6.18 Å². The zero-order valence-electron chi connectivity index (χ0n) is 10.6. The summed E-state index contributed by atoms with van der Waals surface area (Å²) in [6, 6.07) is 1.96. The monoisotopic (exact) mass is 390 g/mol. The van der Waals surface area contributed by atoms with E-state index >= 15 is 0 Å². The topological polar surface area (TPSA) is 15.3 Å². The van der Waals surface area contributed by atoms with Gasteiger partial charge in [-0.15, -0.1) is 11.3 Å². The Balaban J connectivity index is 1.68. The predicted octanol–water partition coefficient (Wildman–Crippen LogP) is 4.14. The van der Waals surface area contributed by atoms with Crippen LogP contribution in [-0.4, -0.2) is 37.3 Å². The smallest absolute Gasteiger partial charge is 0.312 e. The summed E-state index contributed by atoms with van der Waals surface area (Å²) < 4.78 is 38.4. The highest BCUT2D eigenvalue weighted by molar-refractivity contribution is 9.10. The molecule has 0 amide bonds. The van der Waals surface area contributed by atoms with Crippen molar-refractivity contribution in [3.05, 3.63) is 19.8 Å². The third kappa shape index (κ3) is 5.18. The molecule has 0 aromatic carbocycles. The van der Waals surface area contributed by atoms with Crippen LogP contribution >= 0.6 is 38.9 Å². The van der Waals surface area contributed by atoms with Crippen LogP contribution in [0.25, 0.3) is 0 Å². The summed E-state index contributed by atoms with van der Waals surface area (Å²) in [4.78, 5) is 2.59. The van der Waals surface area contributed by atoms with E-state index in [1.807, 2.05) is 6.07 Å². The lowest BCUT2D eigenvalue weighted by molar-refractivity contribution is -0.143. The fourth-order valence-corrected chi connectivity index (χ4v) is 4.11. The quantitative estimate of drug-likeness (QED) is 0.811. The Bertz CT molecular complexity index is 433. The van der Waals surface area contributed by atoms with Crippen molar-refractivity contribution in [1.29, 1.82) is 0 Å². The highest BCUT2D eigenvalue weighted by Crippen LogP contribution is 2.31. The van der Waals surface area contributed by atoms with Crippen LogP contribution in [-0.2, 0) is 6.54 Å². The first-order valence-corrected chi connectivity index (χ1v) is 8.26. The van der Waals surface area contributed by atoms with Crippen LogP contribution in [0, 0.1) is 5.92 Å².